The molecule has 13 heavy (non-hydrogen) atoms. The van der Waals surface area contributed by atoms with Crippen LogP contribution in [0.4, 0.5) is 0 Å². The lowest BCUT2D eigenvalue weighted by Crippen LogP contribution is -2.38. The highest BCUT2D eigenvalue weighted by Crippen LogP contribution is 2.11. The quantitative estimate of drug-likeness (QED) is 0.752. The number of aliphatic carboxylic acids is 1. The summed E-state index contributed by atoms with van der Waals surface area (Å²) in [5.41, 5.74) is 0. The van der Waals surface area contributed by atoms with Crippen molar-refractivity contribution in [1.82, 2.24) is 5.32 Å². The van der Waals surface area contributed by atoms with Crippen molar-refractivity contribution >= 4 is 17.3 Å². The molecule has 2 N–H and O–H groups in total. The predicted molar refractivity (Wildman–Crippen MR) is 53.1 cm³/mol. The Bertz CT molecular complexity index is 259. The molecule has 0 unspecified atom stereocenters. The van der Waals surface area contributed by atoms with Crippen molar-refractivity contribution in [3.8, 4) is 0 Å². The maximum absolute atomic E-state index is 10.8. The second kappa shape index (κ2) is 4.99. The van der Waals surface area contributed by atoms with Gasteiger partial charge in [0.25, 0.3) is 0 Å². The number of carboxylic acid groups (broad SMARTS) is 1. The van der Waals surface area contributed by atoms with Crippen molar-refractivity contribution < 1.29 is 9.90 Å². The number of rotatable bonds is 5. The van der Waals surface area contributed by atoms with Crippen LogP contribution in [0, 0.1) is 0 Å². The summed E-state index contributed by atoms with van der Waals surface area (Å²) in [4.78, 5) is 11.9. The molecule has 0 aliphatic heterocycles. The smallest absolute Gasteiger partial charge is 0.321 e. The molecule has 0 radical (unpaired) electrons. The van der Waals surface area contributed by atoms with Gasteiger partial charge in [0.1, 0.15) is 6.04 Å². The normalized spacial score (nSPS) is 12.7. The van der Waals surface area contributed by atoms with Gasteiger partial charge < -0.3 is 10.4 Å². The molecule has 3 nitrogen and oxygen atoms in total. The third-order valence-electron chi connectivity index (χ3n) is 1.73. The molecular formula is C9H13NO2S. The van der Waals surface area contributed by atoms with Crippen LogP contribution in [0.5, 0.6) is 0 Å². The Hall–Kier alpha value is -0.870. The first-order chi connectivity index (χ1) is 6.24. The van der Waals surface area contributed by atoms with Crippen LogP contribution in [0.3, 0.4) is 0 Å². The molecule has 1 aromatic heterocycles. The zero-order valence-corrected chi connectivity index (χ0v) is 8.30. The molecule has 0 fully saturated rings. The molecule has 0 aliphatic carbocycles. The maximum Gasteiger partial charge on any atom is 0.321 e. The fraction of sp³-hybridized carbons (Fsp3) is 0.444. The van der Waals surface area contributed by atoms with Gasteiger partial charge in [0.2, 0.25) is 0 Å². The molecule has 1 aromatic rings. The molecule has 1 heterocycles. The van der Waals surface area contributed by atoms with Crippen molar-refractivity contribution in [1.29, 1.82) is 0 Å². The molecule has 4 heteroatoms. The highest BCUT2D eigenvalue weighted by molar-refractivity contribution is 7.09. The van der Waals surface area contributed by atoms with E-state index in [4.69, 9.17) is 5.11 Å². The van der Waals surface area contributed by atoms with Gasteiger partial charge in [0, 0.05) is 11.3 Å². The minimum atomic E-state index is -0.782. The highest BCUT2D eigenvalue weighted by atomic mass is 32.1. The van der Waals surface area contributed by atoms with Crippen LogP contribution >= 0.6 is 11.3 Å². The summed E-state index contributed by atoms with van der Waals surface area (Å²) in [6.45, 7) is 2.59. The Morgan fingerprint density at radius 3 is 3.00 bits per heavy atom. The molecule has 0 bridgehead atoms. The van der Waals surface area contributed by atoms with Crippen LogP contribution in [0.2, 0.25) is 0 Å². The summed E-state index contributed by atoms with van der Waals surface area (Å²) < 4.78 is 0. The molecule has 1 atom stereocenters. The highest BCUT2D eigenvalue weighted by Gasteiger charge is 2.16. The molecule has 0 saturated carbocycles. The monoisotopic (exact) mass is 199 g/mol. The van der Waals surface area contributed by atoms with E-state index in [1.807, 2.05) is 24.4 Å². The number of carbonyl (C=O) groups is 1. The molecule has 72 valence electrons. The van der Waals surface area contributed by atoms with E-state index in [0.29, 0.717) is 13.0 Å². The van der Waals surface area contributed by atoms with E-state index in [1.165, 1.54) is 0 Å². The Kier molecular flexibility index (Phi) is 3.92. The van der Waals surface area contributed by atoms with Crippen LogP contribution in [0.15, 0.2) is 17.5 Å². The summed E-state index contributed by atoms with van der Waals surface area (Å²) in [5.74, 6) is -0.782. The van der Waals surface area contributed by atoms with Crippen molar-refractivity contribution in [2.24, 2.45) is 0 Å². The van der Waals surface area contributed by atoms with Gasteiger partial charge in [-0.2, -0.15) is 0 Å². The lowest BCUT2D eigenvalue weighted by molar-refractivity contribution is -0.139. The molecule has 0 spiro atoms. The number of nitrogens with one attached hydrogen (secondary N) is 1. The van der Waals surface area contributed by atoms with Crippen molar-refractivity contribution in [2.45, 2.75) is 19.4 Å². The minimum Gasteiger partial charge on any atom is -0.480 e. The van der Waals surface area contributed by atoms with Crippen molar-refractivity contribution in [2.75, 3.05) is 6.54 Å². The van der Waals surface area contributed by atoms with Crippen LogP contribution in [0.25, 0.3) is 0 Å². The van der Waals surface area contributed by atoms with Gasteiger partial charge in [0.15, 0.2) is 0 Å². The maximum atomic E-state index is 10.8. The van der Waals surface area contributed by atoms with E-state index < -0.39 is 12.0 Å². The van der Waals surface area contributed by atoms with E-state index in [2.05, 4.69) is 5.32 Å². The van der Waals surface area contributed by atoms with Gasteiger partial charge in [-0.1, -0.05) is 13.0 Å². The minimum absolute atomic E-state index is 0.455. The van der Waals surface area contributed by atoms with Crippen LogP contribution < -0.4 is 5.32 Å². The number of carboxylic acids is 1. The number of likely N-dealkylation sites (N-methyl/N-ethyl adjacent to an activating group) is 1. The van der Waals surface area contributed by atoms with Gasteiger partial charge >= 0.3 is 5.97 Å². The van der Waals surface area contributed by atoms with Gasteiger partial charge in [-0.3, -0.25) is 4.79 Å². The average molecular weight is 199 g/mol. The molecule has 0 amide bonds. The Balaban J connectivity index is 2.52. The predicted octanol–water partition coefficient (Wildman–Crippen LogP) is 1.35. The summed E-state index contributed by atoms with van der Waals surface area (Å²) >= 11 is 1.59. The first-order valence-electron chi connectivity index (χ1n) is 4.22. The standard InChI is InChI=1S/C9H13NO2S/c1-2-10-8(9(11)12)6-7-4-3-5-13-7/h3-5,8,10H,2,6H2,1H3,(H,11,12)/t8-/m0/s1. The fourth-order valence-electron chi connectivity index (χ4n) is 1.12. The first-order valence-corrected chi connectivity index (χ1v) is 5.10. The molecule has 0 aromatic carbocycles. The fourth-order valence-corrected chi connectivity index (χ4v) is 1.88. The van der Waals surface area contributed by atoms with E-state index in [9.17, 15) is 4.79 Å². The number of thiophene rings is 1. The van der Waals surface area contributed by atoms with Gasteiger partial charge in [-0.25, -0.2) is 0 Å². The second-order valence-electron chi connectivity index (χ2n) is 2.73. The van der Waals surface area contributed by atoms with Crippen molar-refractivity contribution in [3.05, 3.63) is 22.4 Å². The van der Waals surface area contributed by atoms with Gasteiger partial charge in [-0.15, -0.1) is 11.3 Å². The second-order valence-corrected chi connectivity index (χ2v) is 3.76. The third kappa shape index (κ3) is 3.16. The zero-order valence-electron chi connectivity index (χ0n) is 7.49. The topological polar surface area (TPSA) is 49.3 Å². The summed E-state index contributed by atoms with van der Waals surface area (Å²) in [6.07, 6.45) is 0.570. The SMILES string of the molecule is CCN[C@@H](Cc1cccs1)C(=O)O. The lowest BCUT2D eigenvalue weighted by atomic mass is 10.2. The number of hydrogen-bond acceptors (Lipinski definition) is 3. The number of hydrogen-bond donors (Lipinski definition) is 2. The largest absolute Gasteiger partial charge is 0.480 e. The average Bonchev–Trinajstić information content (AvgIpc) is 2.56. The summed E-state index contributed by atoms with van der Waals surface area (Å²) in [7, 11) is 0. The van der Waals surface area contributed by atoms with Crippen LogP contribution in [0.1, 0.15) is 11.8 Å². The van der Waals surface area contributed by atoms with Gasteiger partial charge in [0.05, 0.1) is 0 Å². The van der Waals surface area contributed by atoms with E-state index in [1.54, 1.807) is 11.3 Å². The zero-order chi connectivity index (χ0) is 9.68. The van der Waals surface area contributed by atoms with Crippen molar-refractivity contribution in [3.63, 3.8) is 0 Å². The Labute approximate surface area is 81.4 Å². The summed E-state index contributed by atoms with van der Waals surface area (Å²) in [6, 6.07) is 3.44. The van der Waals surface area contributed by atoms with Crippen LogP contribution in [-0.2, 0) is 11.2 Å². The van der Waals surface area contributed by atoms with E-state index in [0.717, 1.165) is 4.88 Å². The van der Waals surface area contributed by atoms with E-state index >= 15 is 0 Å². The molecular weight excluding hydrogens is 186 g/mol. The van der Waals surface area contributed by atoms with E-state index in [-0.39, 0.29) is 0 Å². The molecule has 0 saturated heterocycles. The van der Waals surface area contributed by atoms with Crippen LogP contribution in [-0.4, -0.2) is 23.7 Å². The molecule has 0 aliphatic rings. The summed E-state index contributed by atoms with van der Waals surface area (Å²) in [5, 5.41) is 13.7. The Morgan fingerprint density at radius 1 is 1.77 bits per heavy atom. The Morgan fingerprint density at radius 2 is 2.54 bits per heavy atom. The lowest BCUT2D eigenvalue weighted by Gasteiger charge is -2.11. The van der Waals surface area contributed by atoms with Gasteiger partial charge in [-0.05, 0) is 18.0 Å². The molecule has 1 rings (SSSR count). The third-order valence-corrected chi connectivity index (χ3v) is 2.63. The first kappa shape index (κ1) is 10.2.